The molecule has 0 bridgehead atoms. The van der Waals surface area contributed by atoms with Crippen LogP contribution in [-0.2, 0) is 17.6 Å². The lowest BCUT2D eigenvalue weighted by Crippen LogP contribution is -2.36. The van der Waals surface area contributed by atoms with Crippen molar-refractivity contribution in [1.29, 1.82) is 0 Å². The number of nitrogens with zero attached hydrogens (tertiary/aromatic N) is 4. The number of likely N-dealkylation sites (N-methyl/N-ethyl adjacent to an activating group) is 1. The number of anilines is 3. The van der Waals surface area contributed by atoms with Gasteiger partial charge in [0.25, 0.3) is 0 Å². The van der Waals surface area contributed by atoms with Crippen molar-refractivity contribution in [2.45, 2.75) is 25.3 Å². The van der Waals surface area contributed by atoms with E-state index >= 15 is 0 Å². The average molecular weight is 450 g/mol. The van der Waals surface area contributed by atoms with E-state index < -0.39 is 0 Å². The van der Waals surface area contributed by atoms with Gasteiger partial charge < -0.3 is 24.3 Å². The maximum absolute atomic E-state index is 6.14. The molecule has 8 heteroatoms. The first-order valence-electron chi connectivity index (χ1n) is 11.2. The number of aromatic nitrogens is 2. The highest BCUT2D eigenvalue weighted by molar-refractivity contribution is 7.22. The predicted molar refractivity (Wildman–Crippen MR) is 129 cm³/mol. The lowest BCUT2D eigenvalue weighted by Gasteiger charge is -2.27. The van der Waals surface area contributed by atoms with Crippen LogP contribution in [0, 0.1) is 0 Å². The topological polar surface area (TPSA) is 66.7 Å². The van der Waals surface area contributed by atoms with Gasteiger partial charge in [-0.1, -0.05) is 11.3 Å². The summed E-state index contributed by atoms with van der Waals surface area (Å²) >= 11 is 1.73. The van der Waals surface area contributed by atoms with Crippen LogP contribution in [0.4, 0.5) is 16.6 Å². The van der Waals surface area contributed by atoms with Gasteiger partial charge in [0.05, 0.1) is 23.4 Å². The highest BCUT2D eigenvalue weighted by Gasteiger charge is 2.26. The minimum atomic E-state index is 0.564. The molecule has 0 spiro atoms. The molecule has 1 aliphatic carbocycles. The molecule has 1 fully saturated rings. The minimum Gasteiger partial charge on any atom is -0.442 e. The Kier molecular flexibility index (Phi) is 5.01. The monoisotopic (exact) mass is 449 g/mol. The van der Waals surface area contributed by atoms with E-state index in [1.165, 1.54) is 10.3 Å². The molecule has 32 heavy (non-hydrogen) atoms. The Bertz CT molecular complexity index is 1270. The Labute approximate surface area is 191 Å². The summed E-state index contributed by atoms with van der Waals surface area (Å²) in [4.78, 5) is 14.2. The molecule has 1 saturated heterocycles. The SMILES string of the molecule is CN(C)[C@H]1CCc2oc3nc(Nc4ccc5nc(N6CCOCC6)sc5c4)ccc3c2C1. The van der Waals surface area contributed by atoms with Gasteiger partial charge in [0.15, 0.2) is 5.13 Å². The van der Waals surface area contributed by atoms with E-state index in [0.717, 1.165) is 84.6 Å². The van der Waals surface area contributed by atoms with Crippen molar-refractivity contribution in [1.82, 2.24) is 14.9 Å². The summed E-state index contributed by atoms with van der Waals surface area (Å²) in [5.74, 6) is 1.90. The van der Waals surface area contributed by atoms with E-state index in [4.69, 9.17) is 19.1 Å². The molecule has 0 amide bonds. The minimum absolute atomic E-state index is 0.564. The Balaban J connectivity index is 1.25. The lowest BCUT2D eigenvalue weighted by atomic mass is 9.91. The normalized spacial score (nSPS) is 19.1. The van der Waals surface area contributed by atoms with Crippen molar-refractivity contribution >= 4 is 49.3 Å². The van der Waals surface area contributed by atoms with E-state index in [1.54, 1.807) is 11.3 Å². The number of hydrogen-bond acceptors (Lipinski definition) is 8. The number of nitrogens with one attached hydrogen (secondary N) is 1. The van der Waals surface area contributed by atoms with Gasteiger partial charge in [-0.2, -0.15) is 4.98 Å². The van der Waals surface area contributed by atoms with Gasteiger partial charge in [-0.05, 0) is 57.3 Å². The van der Waals surface area contributed by atoms with Gasteiger partial charge in [-0.15, -0.1) is 0 Å². The van der Waals surface area contributed by atoms with Crippen molar-refractivity contribution < 1.29 is 9.15 Å². The predicted octanol–water partition coefficient (Wildman–Crippen LogP) is 4.44. The third-order valence-corrected chi connectivity index (χ3v) is 7.63. The Morgan fingerprint density at radius 3 is 2.84 bits per heavy atom. The highest BCUT2D eigenvalue weighted by Crippen LogP contribution is 2.34. The fourth-order valence-corrected chi connectivity index (χ4v) is 5.73. The zero-order valence-electron chi connectivity index (χ0n) is 18.4. The third-order valence-electron chi connectivity index (χ3n) is 6.55. The zero-order valence-corrected chi connectivity index (χ0v) is 19.2. The summed E-state index contributed by atoms with van der Waals surface area (Å²) in [7, 11) is 4.31. The smallest absolute Gasteiger partial charge is 0.228 e. The van der Waals surface area contributed by atoms with Gasteiger partial charge in [-0.3, -0.25) is 0 Å². The first-order valence-corrected chi connectivity index (χ1v) is 12.0. The fraction of sp³-hybridized carbons (Fsp3) is 0.417. The molecule has 4 aromatic rings. The second-order valence-corrected chi connectivity index (χ2v) is 9.83. The second kappa shape index (κ2) is 8.03. The number of rotatable bonds is 4. The Morgan fingerprint density at radius 2 is 2.00 bits per heavy atom. The van der Waals surface area contributed by atoms with Crippen LogP contribution in [-0.4, -0.2) is 61.3 Å². The van der Waals surface area contributed by atoms with Crippen LogP contribution in [0.1, 0.15) is 17.7 Å². The van der Waals surface area contributed by atoms with Crippen molar-refractivity contribution in [3.05, 3.63) is 41.7 Å². The summed E-state index contributed by atoms with van der Waals surface area (Å²) in [5.41, 5.74) is 4.09. The van der Waals surface area contributed by atoms with Crippen LogP contribution in [0.2, 0.25) is 0 Å². The van der Waals surface area contributed by atoms with E-state index in [1.807, 2.05) is 6.07 Å². The van der Waals surface area contributed by atoms with E-state index in [9.17, 15) is 0 Å². The molecule has 166 valence electrons. The van der Waals surface area contributed by atoms with Crippen molar-refractivity contribution in [2.75, 3.05) is 50.6 Å². The lowest BCUT2D eigenvalue weighted by molar-refractivity contribution is 0.122. The molecule has 0 saturated carbocycles. The molecule has 1 aromatic carbocycles. The molecule has 6 rings (SSSR count). The average Bonchev–Trinajstić information content (AvgIpc) is 3.39. The summed E-state index contributed by atoms with van der Waals surface area (Å²) < 4.78 is 12.8. The summed E-state index contributed by atoms with van der Waals surface area (Å²) in [6.45, 7) is 3.33. The molecule has 4 heterocycles. The van der Waals surface area contributed by atoms with Crippen LogP contribution in [0.3, 0.4) is 0 Å². The van der Waals surface area contributed by atoms with Gasteiger partial charge in [-0.25, -0.2) is 4.98 Å². The largest absolute Gasteiger partial charge is 0.442 e. The summed E-state index contributed by atoms with van der Waals surface area (Å²) in [6.07, 6.45) is 3.13. The third kappa shape index (κ3) is 3.62. The van der Waals surface area contributed by atoms with Crippen LogP contribution < -0.4 is 10.2 Å². The number of aryl methyl sites for hydroxylation is 1. The van der Waals surface area contributed by atoms with E-state index in [2.05, 4.69) is 53.5 Å². The van der Waals surface area contributed by atoms with Gasteiger partial charge in [0.1, 0.15) is 11.6 Å². The number of fused-ring (bicyclic) bond motifs is 4. The number of furan rings is 1. The van der Waals surface area contributed by atoms with Crippen molar-refractivity contribution in [3.8, 4) is 0 Å². The maximum atomic E-state index is 6.14. The molecule has 1 atom stereocenters. The first-order chi connectivity index (χ1) is 15.6. The maximum Gasteiger partial charge on any atom is 0.228 e. The molecule has 0 radical (unpaired) electrons. The number of pyridine rings is 1. The van der Waals surface area contributed by atoms with Gasteiger partial charge in [0.2, 0.25) is 5.71 Å². The Morgan fingerprint density at radius 1 is 1.12 bits per heavy atom. The van der Waals surface area contributed by atoms with Crippen molar-refractivity contribution in [2.24, 2.45) is 0 Å². The van der Waals surface area contributed by atoms with E-state index in [-0.39, 0.29) is 0 Å². The van der Waals surface area contributed by atoms with Gasteiger partial charge >= 0.3 is 0 Å². The number of morpholine rings is 1. The van der Waals surface area contributed by atoms with Crippen LogP contribution in [0.5, 0.6) is 0 Å². The second-order valence-electron chi connectivity index (χ2n) is 8.82. The zero-order chi connectivity index (χ0) is 21.7. The quantitative estimate of drug-likeness (QED) is 0.494. The molecule has 1 aliphatic heterocycles. The summed E-state index contributed by atoms with van der Waals surface area (Å²) in [6, 6.07) is 11.0. The molecule has 2 aliphatic rings. The standard InChI is InChI=1S/C24H27N5O2S/c1-28(2)16-4-7-20-18(14-16)17-5-8-22(27-23(17)31-20)25-15-3-6-19-21(13-15)32-24(26-19)29-9-11-30-12-10-29/h3,5-6,8,13,16H,4,7,9-12,14H2,1-2H3,(H,25,27)/t16-/m0/s1. The molecular weight excluding hydrogens is 422 g/mol. The number of hydrogen-bond donors (Lipinski definition) is 1. The number of benzene rings is 1. The van der Waals surface area contributed by atoms with Crippen LogP contribution in [0.15, 0.2) is 34.7 Å². The number of thiazole rings is 1. The molecule has 0 unspecified atom stereocenters. The van der Waals surface area contributed by atoms with Crippen molar-refractivity contribution in [3.63, 3.8) is 0 Å². The molecule has 1 N–H and O–H groups in total. The van der Waals surface area contributed by atoms with Gasteiger partial charge in [0, 0.05) is 42.2 Å². The summed E-state index contributed by atoms with van der Waals surface area (Å²) in [5, 5.41) is 5.66. The highest BCUT2D eigenvalue weighted by atomic mass is 32.1. The molecule has 3 aromatic heterocycles. The Hall–Kier alpha value is -2.68. The number of ether oxygens (including phenoxy) is 1. The van der Waals surface area contributed by atoms with Crippen LogP contribution in [0.25, 0.3) is 21.3 Å². The first kappa shape index (κ1) is 20.0. The molecule has 7 nitrogen and oxygen atoms in total. The van der Waals surface area contributed by atoms with E-state index in [0.29, 0.717) is 6.04 Å². The van der Waals surface area contributed by atoms with Crippen LogP contribution >= 0.6 is 11.3 Å². The fourth-order valence-electron chi connectivity index (χ4n) is 4.68. The molecular formula is C24H27N5O2S.